The second kappa shape index (κ2) is 9.01. The van der Waals surface area contributed by atoms with Crippen LogP contribution in [-0.2, 0) is 9.47 Å². The van der Waals surface area contributed by atoms with E-state index in [2.05, 4.69) is 20.8 Å². The molecule has 0 saturated heterocycles. The molecule has 0 aromatic carbocycles. The van der Waals surface area contributed by atoms with Crippen LogP contribution < -0.4 is 0 Å². The van der Waals surface area contributed by atoms with E-state index in [4.69, 9.17) is 9.47 Å². The fraction of sp³-hybridized carbons (Fsp3) is 1.00. The molecule has 0 aliphatic carbocycles. The first-order valence-electron chi connectivity index (χ1n) is 4.69. The molecule has 2 heteroatoms. The van der Waals surface area contributed by atoms with Crippen molar-refractivity contribution in [3.8, 4) is 0 Å². The van der Waals surface area contributed by atoms with Gasteiger partial charge in [0.2, 0.25) is 0 Å². The monoisotopic (exact) mass is 176 g/mol. The molecule has 76 valence electrons. The summed E-state index contributed by atoms with van der Waals surface area (Å²) in [5.41, 5.74) is 0.0503. The molecule has 0 fully saturated rings. The van der Waals surface area contributed by atoms with Crippen molar-refractivity contribution in [1.29, 1.82) is 0 Å². The van der Waals surface area contributed by atoms with E-state index in [0.717, 1.165) is 19.8 Å². The highest BCUT2D eigenvalue weighted by atomic mass is 16.5. The van der Waals surface area contributed by atoms with Crippen molar-refractivity contribution in [2.75, 3.05) is 19.8 Å². The summed E-state index contributed by atoms with van der Waals surface area (Å²) >= 11 is 0. The van der Waals surface area contributed by atoms with Crippen LogP contribution in [0.2, 0.25) is 0 Å². The molecule has 2 nitrogen and oxygen atoms in total. The van der Waals surface area contributed by atoms with Gasteiger partial charge in [-0.1, -0.05) is 0 Å². The lowest BCUT2D eigenvalue weighted by atomic mass is 10.2. The first kappa shape index (κ1) is 14.4. The Morgan fingerprint density at radius 1 is 0.833 bits per heavy atom. The van der Waals surface area contributed by atoms with E-state index in [1.54, 1.807) is 0 Å². The zero-order valence-electron chi connectivity index (χ0n) is 9.44. The summed E-state index contributed by atoms with van der Waals surface area (Å²) in [7, 11) is 0. The van der Waals surface area contributed by atoms with E-state index in [-0.39, 0.29) is 5.60 Å². The van der Waals surface area contributed by atoms with Gasteiger partial charge in [0.25, 0.3) is 0 Å². The van der Waals surface area contributed by atoms with Crippen LogP contribution in [0.1, 0.15) is 41.5 Å². The number of hydrogen-bond donors (Lipinski definition) is 0. The van der Waals surface area contributed by atoms with Gasteiger partial charge in [-0.15, -0.1) is 0 Å². The molecule has 0 unspecified atom stereocenters. The Morgan fingerprint density at radius 3 is 1.25 bits per heavy atom. The minimum atomic E-state index is 0.0503. The maximum atomic E-state index is 5.23. The minimum Gasteiger partial charge on any atom is -0.382 e. The smallest absolute Gasteiger partial charge is 0.0598 e. The molecule has 0 heterocycles. The van der Waals surface area contributed by atoms with E-state index >= 15 is 0 Å². The molecule has 0 spiro atoms. The maximum Gasteiger partial charge on any atom is 0.0598 e. The fourth-order valence-corrected chi connectivity index (χ4v) is 0.637. The third-order valence-electron chi connectivity index (χ3n) is 0.986. The second-order valence-corrected chi connectivity index (χ2v) is 3.33. The highest BCUT2D eigenvalue weighted by molar-refractivity contribution is 4.56. The molecule has 0 rings (SSSR count). The van der Waals surface area contributed by atoms with Gasteiger partial charge in [-0.3, -0.25) is 0 Å². The molecular formula is C10H24O2. The second-order valence-electron chi connectivity index (χ2n) is 3.33. The van der Waals surface area contributed by atoms with Crippen LogP contribution in [0.25, 0.3) is 0 Å². The van der Waals surface area contributed by atoms with E-state index in [9.17, 15) is 0 Å². The maximum absolute atomic E-state index is 5.23. The van der Waals surface area contributed by atoms with Crippen molar-refractivity contribution in [3.05, 3.63) is 0 Å². The Bertz CT molecular complexity index is 72.4. The minimum absolute atomic E-state index is 0.0503. The summed E-state index contributed by atoms with van der Waals surface area (Å²) in [5.74, 6) is 0. The summed E-state index contributed by atoms with van der Waals surface area (Å²) in [6.07, 6.45) is 0. The number of hydrogen-bond acceptors (Lipinski definition) is 2. The SMILES string of the molecule is CCOC(C)(C)C.CCOCC. The van der Waals surface area contributed by atoms with Crippen molar-refractivity contribution in [2.24, 2.45) is 0 Å². The predicted octanol–water partition coefficient (Wildman–Crippen LogP) is 2.86. The average Bonchev–Trinajstić information content (AvgIpc) is 1.87. The Hall–Kier alpha value is -0.0800. The van der Waals surface area contributed by atoms with Crippen LogP contribution in [0.4, 0.5) is 0 Å². The number of rotatable bonds is 3. The lowest BCUT2D eigenvalue weighted by Gasteiger charge is -2.17. The third kappa shape index (κ3) is 22.5. The molecule has 0 atom stereocenters. The molecule has 0 N–H and O–H groups in total. The van der Waals surface area contributed by atoms with Crippen LogP contribution in [0.15, 0.2) is 0 Å². The average molecular weight is 176 g/mol. The molecule has 0 aromatic heterocycles. The van der Waals surface area contributed by atoms with Gasteiger partial charge in [-0.2, -0.15) is 0 Å². The Kier molecular flexibility index (Phi) is 10.8. The Balaban J connectivity index is 0. The van der Waals surface area contributed by atoms with Crippen LogP contribution in [0.3, 0.4) is 0 Å². The van der Waals surface area contributed by atoms with Crippen molar-refractivity contribution in [3.63, 3.8) is 0 Å². The van der Waals surface area contributed by atoms with Gasteiger partial charge in [0.1, 0.15) is 0 Å². The van der Waals surface area contributed by atoms with Crippen LogP contribution in [0, 0.1) is 0 Å². The highest BCUT2D eigenvalue weighted by Gasteiger charge is 2.06. The topological polar surface area (TPSA) is 18.5 Å². The van der Waals surface area contributed by atoms with E-state index in [1.165, 1.54) is 0 Å². The zero-order chi connectivity index (χ0) is 10.0. The Labute approximate surface area is 77.3 Å². The molecule has 0 aliphatic rings. The zero-order valence-corrected chi connectivity index (χ0v) is 9.44. The fourth-order valence-electron chi connectivity index (χ4n) is 0.637. The van der Waals surface area contributed by atoms with Crippen molar-refractivity contribution < 1.29 is 9.47 Å². The van der Waals surface area contributed by atoms with Gasteiger partial charge in [-0.05, 0) is 41.5 Å². The molecule has 0 aromatic rings. The quantitative estimate of drug-likeness (QED) is 0.658. The summed E-state index contributed by atoms with van der Waals surface area (Å²) in [6, 6.07) is 0. The molecule has 12 heavy (non-hydrogen) atoms. The van der Waals surface area contributed by atoms with Crippen LogP contribution in [-0.4, -0.2) is 25.4 Å². The molecule has 0 saturated carbocycles. The van der Waals surface area contributed by atoms with E-state index < -0.39 is 0 Å². The summed E-state index contributed by atoms with van der Waals surface area (Å²) in [4.78, 5) is 0. The van der Waals surface area contributed by atoms with Crippen molar-refractivity contribution in [2.45, 2.75) is 47.1 Å². The van der Waals surface area contributed by atoms with E-state index in [0.29, 0.717) is 0 Å². The van der Waals surface area contributed by atoms with Gasteiger partial charge in [0.15, 0.2) is 0 Å². The highest BCUT2D eigenvalue weighted by Crippen LogP contribution is 2.04. The molecule has 0 aliphatic heterocycles. The van der Waals surface area contributed by atoms with E-state index in [1.807, 2.05) is 20.8 Å². The van der Waals surface area contributed by atoms with Gasteiger partial charge < -0.3 is 9.47 Å². The third-order valence-corrected chi connectivity index (χ3v) is 0.986. The summed E-state index contributed by atoms with van der Waals surface area (Å²) in [6.45, 7) is 14.6. The normalized spacial score (nSPS) is 10.5. The molecule has 0 bridgehead atoms. The van der Waals surface area contributed by atoms with Gasteiger partial charge in [0, 0.05) is 19.8 Å². The van der Waals surface area contributed by atoms with Crippen molar-refractivity contribution in [1.82, 2.24) is 0 Å². The molecule has 0 radical (unpaired) electrons. The predicted molar refractivity (Wildman–Crippen MR) is 53.5 cm³/mol. The Morgan fingerprint density at radius 2 is 1.25 bits per heavy atom. The first-order valence-corrected chi connectivity index (χ1v) is 4.69. The molecular weight excluding hydrogens is 152 g/mol. The first-order chi connectivity index (χ1) is 5.47. The van der Waals surface area contributed by atoms with Crippen molar-refractivity contribution >= 4 is 0 Å². The standard InChI is InChI=1S/C6H14O.C4H10O/c1-5-7-6(2,3)4;1-3-5-4-2/h5H2,1-4H3;3-4H2,1-2H3. The number of ether oxygens (including phenoxy) is 2. The van der Waals surface area contributed by atoms with Gasteiger partial charge in [-0.25, -0.2) is 0 Å². The lowest BCUT2D eigenvalue weighted by molar-refractivity contribution is 0.00532. The molecule has 0 amide bonds. The summed E-state index contributed by atoms with van der Waals surface area (Å²) < 4.78 is 10.1. The van der Waals surface area contributed by atoms with Gasteiger partial charge >= 0.3 is 0 Å². The van der Waals surface area contributed by atoms with Crippen LogP contribution >= 0.6 is 0 Å². The lowest BCUT2D eigenvalue weighted by Crippen LogP contribution is -2.18. The van der Waals surface area contributed by atoms with Gasteiger partial charge in [0.05, 0.1) is 5.60 Å². The summed E-state index contributed by atoms with van der Waals surface area (Å²) in [5, 5.41) is 0. The largest absolute Gasteiger partial charge is 0.382 e. The van der Waals surface area contributed by atoms with Crippen LogP contribution in [0.5, 0.6) is 0 Å².